The lowest BCUT2D eigenvalue weighted by molar-refractivity contribution is 0.518. The van der Waals surface area contributed by atoms with Gasteiger partial charge in [-0.1, -0.05) is 44.0 Å². The summed E-state index contributed by atoms with van der Waals surface area (Å²) in [5.74, 6) is -0.163. The number of benzene rings is 3. The monoisotopic (exact) mass is 438 g/mol. The van der Waals surface area contributed by atoms with Crippen molar-refractivity contribution in [1.29, 1.82) is 0 Å². The molecule has 4 unspecified atom stereocenters. The quantitative estimate of drug-likeness (QED) is 0.366. The molecule has 4 bridgehead atoms. The molecule has 3 aliphatic rings. The third-order valence-corrected chi connectivity index (χ3v) is 15.9. The Labute approximate surface area is 176 Å². The molecule has 0 amide bonds. The van der Waals surface area contributed by atoms with E-state index in [2.05, 4.69) is 0 Å². The highest BCUT2D eigenvalue weighted by Crippen LogP contribution is 3.00. The van der Waals surface area contributed by atoms with Gasteiger partial charge in [0.05, 0.1) is 0 Å². The van der Waals surface area contributed by atoms with Crippen molar-refractivity contribution in [3.63, 3.8) is 0 Å². The van der Waals surface area contributed by atoms with E-state index in [1.54, 1.807) is 12.1 Å². The van der Waals surface area contributed by atoms with Crippen molar-refractivity contribution in [2.75, 3.05) is 12.3 Å². The first-order valence-corrected chi connectivity index (χ1v) is 13.9. The predicted octanol–water partition coefficient (Wildman–Crippen LogP) is 7.79. The molecule has 2 fully saturated rings. The van der Waals surface area contributed by atoms with Gasteiger partial charge in [0.25, 0.3) is 0 Å². The SMILES string of the molecule is Fc1ccc(C2=C(c3ccc(F)cc3)C3(c4ccc(F)cc4)C4CCP3P2C4)cc1. The van der Waals surface area contributed by atoms with Crippen molar-refractivity contribution in [3.05, 3.63) is 107 Å². The van der Waals surface area contributed by atoms with Crippen LogP contribution in [0.4, 0.5) is 13.2 Å². The lowest BCUT2D eigenvalue weighted by Gasteiger charge is -2.37. The molecule has 5 heteroatoms. The molecule has 0 spiro atoms. The Morgan fingerprint density at radius 1 is 0.700 bits per heavy atom. The predicted molar refractivity (Wildman–Crippen MR) is 119 cm³/mol. The molecule has 30 heavy (non-hydrogen) atoms. The minimum Gasteiger partial charge on any atom is -0.207 e. The Morgan fingerprint density at radius 3 is 1.83 bits per heavy atom. The van der Waals surface area contributed by atoms with Crippen LogP contribution in [-0.2, 0) is 5.16 Å². The summed E-state index contributed by atoms with van der Waals surface area (Å²) in [7, 11) is -0.659. The molecule has 6 rings (SSSR count). The van der Waals surface area contributed by atoms with Crippen molar-refractivity contribution < 1.29 is 13.2 Å². The van der Waals surface area contributed by atoms with E-state index in [1.165, 1.54) is 59.5 Å². The molecular formula is C25H19F3P2. The molecule has 3 aliphatic heterocycles. The second-order valence-corrected chi connectivity index (χ2v) is 14.7. The smallest absolute Gasteiger partial charge is 0.123 e. The van der Waals surface area contributed by atoms with Crippen LogP contribution in [0.2, 0.25) is 0 Å². The Morgan fingerprint density at radius 2 is 1.23 bits per heavy atom. The number of hydrogen-bond donors (Lipinski definition) is 0. The van der Waals surface area contributed by atoms with Crippen molar-refractivity contribution in [3.8, 4) is 0 Å². The maximum atomic E-state index is 13.8. The molecular weight excluding hydrogens is 419 g/mol. The van der Waals surface area contributed by atoms with E-state index >= 15 is 0 Å². The van der Waals surface area contributed by atoms with Gasteiger partial charge in [0.2, 0.25) is 0 Å². The van der Waals surface area contributed by atoms with Gasteiger partial charge in [0, 0.05) is 5.16 Å². The fourth-order valence-electron chi connectivity index (χ4n) is 5.68. The molecule has 0 aromatic heterocycles. The average molecular weight is 438 g/mol. The summed E-state index contributed by atoms with van der Waals surface area (Å²) in [6, 6.07) is 20.7. The molecule has 3 aromatic carbocycles. The third-order valence-electron chi connectivity index (χ3n) is 6.78. The summed E-state index contributed by atoms with van der Waals surface area (Å²) < 4.78 is 41.2. The molecule has 0 N–H and O–H groups in total. The van der Waals surface area contributed by atoms with Gasteiger partial charge in [-0.2, -0.15) is 0 Å². The topological polar surface area (TPSA) is 0 Å². The first-order valence-electron chi connectivity index (χ1n) is 10.2. The van der Waals surface area contributed by atoms with E-state index in [4.69, 9.17) is 0 Å². The van der Waals surface area contributed by atoms with Crippen LogP contribution in [0.5, 0.6) is 0 Å². The maximum absolute atomic E-state index is 13.8. The summed E-state index contributed by atoms with van der Waals surface area (Å²) in [5, 5.41) is 1.25. The van der Waals surface area contributed by atoms with Gasteiger partial charge in [-0.15, -0.1) is 0 Å². The molecule has 3 heterocycles. The van der Waals surface area contributed by atoms with Crippen LogP contribution in [0.1, 0.15) is 23.1 Å². The van der Waals surface area contributed by atoms with Gasteiger partial charge in [-0.25, -0.2) is 13.2 Å². The van der Waals surface area contributed by atoms with Crippen LogP contribution in [0.15, 0.2) is 72.8 Å². The van der Waals surface area contributed by atoms with Gasteiger partial charge >= 0.3 is 0 Å². The second-order valence-electron chi connectivity index (χ2n) is 8.20. The first kappa shape index (κ1) is 18.8. The average Bonchev–Trinajstić information content (AvgIpc) is 3.37. The summed E-state index contributed by atoms with van der Waals surface area (Å²) in [5.41, 5.74) is 4.61. The lowest BCUT2D eigenvalue weighted by atomic mass is 9.75. The zero-order valence-corrected chi connectivity index (χ0v) is 17.9. The van der Waals surface area contributed by atoms with Crippen LogP contribution in [0.3, 0.4) is 0 Å². The van der Waals surface area contributed by atoms with E-state index in [-0.39, 0.29) is 37.8 Å². The van der Waals surface area contributed by atoms with Gasteiger partial charge in [0.1, 0.15) is 17.5 Å². The van der Waals surface area contributed by atoms with Crippen LogP contribution >= 0.6 is 15.2 Å². The second kappa shape index (κ2) is 6.78. The molecule has 0 saturated carbocycles. The van der Waals surface area contributed by atoms with Crippen LogP contribution < -0.4 is 0 Å². The Balaban J connectivity index is 1.66. The Kier molecular flexibility index (Phi) is 4.24. The zero-order valence-electron chi connectivity index (χ0n) is 16.2. The summed E-state index contributed by atoms with van der Waals surface area (Å²) in [4.78, 5) is 0. The molecule has 0 aliphatic carbocycles. The fourth-order valence-corrected chi connectivity index (χ4v) is 17.4. The highest BCUT2D eigenvalue weighted by molar-refractivity contribution is 8.36. The molecule has 150 valence electrons. The maximum Gasteiger partial charge on any atom is 0.123 e. The number of allylic oxidation sites excluding steroid dienone is 1. The zero-order chi connectivity index (χ0) is 20.5. The Hall–Kier alpha value is -1.95. The minimum absolute atomic E-state index is 0.101. The van der Waals surface area contributed by atoms with Crippen molar-refractivity contribution in [2.45, 2.75) is 11.6 Å². The molecule has 0 nitrogen and oxygen atoms in total. The summed E-state index contributed by atoms with van der Waals surface area (Å²) in [6.45, 7) is 0. The van der Waals surface area contributed by atoms with E-state index in [1.807, 2.05) is 36.4 Å². The first-order chi connectivity index (χ1) is 14.6. The van der Waals surface area contributed by atoms with Gasteiger partial charge in [-0.05, 0) is 96.2 Å². The van der Waals surface area contributed by atoms with Crippen LogP contribution in [0, 0.1) is 23.4 Å². The fraction of sp³-hybridized carbons (Fsp3) is 0.200. The van der Waals surface area contributed by atoms with Crippen molar-refractivity contribution in [2.24, 2.45) is 5.92 Å². The van der Waals surface area contributed by atoms with E-state index in [0.29, 0.717) is 5.92 Å². The summed E-state index contributed by atoms with van der Waals surface area (Å²) in [6.07, 6.45) is 3.61. The van der Waals surface area contributed by atoms with Crippen LogP contribution in [0.25, 0.3) is 10.9 Å². The lowest BCUT2D eigenvalue weighted by Crippen LogP contribution is -2.29. The normalized spacial score (nSPS) is 29.1. The molecule has 2 saturated heterocycles. The highest BCUT2D eigenvalue weighted by Gasteiger charge is 2.67. The van der Waals surface area contributed by atoms with Crippen LogP contribution in [-0.4, -0.2) is 12.3 Å². The Bertz CT molecular complexity index is 1150. The van der Waals surface area contributed by atoms with E-state index in [9.17, 15) is 13.2 Å². The van der Waals surface area contributed by atoms with E-state index < -0.39 is 0 Å². The van der Waals surface area contributed by atoms with Gasteiger partial charge in [-0.3, -0.25) is 0 Å². The summed E-state index contributed by atoms with van der Waals surface area (Å²) >= 11 is 0. The molecule has 4 atom stereocenters. The van der Waals surface area contributed by atoms with Crippen molar-refractivity contribution in [1.82, 2.24) is 0 Å². The standard InChI is InChI=1S/C25H19F3P2/c26-20-7-1-16(2-8-20)23-24(17-3-9-21(27)10-4-17)29-15-19-13-14-30(29)25(19,23)18-5-11-22(28)12-6-18/h1-12,19H,13-15H2. The highest BCUT2D eigenvalue weighted by atomic mass is 32.1. The third kappa shape index (κ3) is 2.49. The van der Waals surface area contributed by atoms with E-state index in [0.717, 1.165) is 11.1 Å². The minimum atomic E-state index is -0.348. The molecule has 0 radical (unpaired) electrons. The number of hydrogen-bond acceptors (Lipinski definition) is 0. The molecule has 3 aromatic rings. The number of rotatable bonds is 3. The van der Waals surface area contributed by atoms with Gasteiger partial charge in [0.15, 0.2) is 0 Å². The van der Waals surface area contributed by atoms with Gasteiger partial charge < -0.3 is 0 Å². The number of halogens is 3. The van der Waals surface area contributed by atoms with Crippen molar-refractivity contribution >= 4 is 26.1 Å². The largest absolute Gasteiger partial charge is 0.207 e.